The van der Waals surface area contributed by atoms with E-state index in [0.717, 1.165) is 18.6 Å². The minimum atomic E-state index is 0.626. The molecule has 0 aromatic heterocycles. The van der Waals surface area contributed by atoms with Crippen LogP contribution in [0.15, 0.2) is 36.4 Å². The summed E-state index contributed by atoms with van der Waals surface area (Å²) in [7, 11) is 1.68. The van der Waals surface area contributed by atoms with Crippen LogP contribution >= 0.6 is 0 Å². The van der Waals surface area contributed by atoms with Gasteiger partial charge in [0.25, 0.3) is 0 Å². The van der Waals surface area contributed by atoms with E-state index in [1.54, 1.807) is 7.11 Å². The van der Waals surface area contributed by atoms with E-state index in [0.29, 0.717) is 6.42 Å². The van der Waals surface area contributed by atoms with Crippen LogP contribution in [0.5, 0.6) is 5.75 Å². The van der Waals surface area contributed by atoms with Crippen LogP contribution in [0.3, 0.4) is 0 Å². The fourth-order valence-corrected chi connectivity index (χ4v) is 1.93. The summed E-state index contributed by atoms with van der Waals surface area (Å²) in [5.41, 5.74) is 1.29. The van der Waals surface area contributed by atoms with Crippen molar-refractivity contribution in [2.24, 2.45) is 0 Å². The summed E-state index contributed by atoms with van der Waals surface area (Å²) >= 11 is 0. The molecule has 0 amide bonds. The highest BCUT2D eigenvalue weighted by atomic mass is 16.5. The molecule has 0 aliphatic heterocycles. The Labute approximate surface area is 101 Å². The molecular formula is C15H15NO. The Morgan fingerprint density at radius 3 is 2.65 bits per heavy atom. The molecule has 2 aromatic carbocycles. The number of nitriles is 1. The second-order valence-corrected chi connectivity index (χ2v) is 4.06. The number of ether oxygens (including phenoxy) is 1. The maximum absolute atomic E-state index is 8.51. The van der Waals surface area contributed by atoms with Crippen molar-refractivity contribution in [2.45, 2.75) is 19.3 Å². The van der Waals surface area contributed by atoms with Gasteiger partial charge >= 0.3 is 0 Å². The summed E-state index contributed by atoms with van der Waals surface area (Å²) in [4.78, 5) is 0. The molecule has 2 nitrogen and oxygen atoms in total. The number of fused-ring (bicyclic) bond motifs is 1. The van der Waals surface area contributed by atoms with Crippen LogP contribution in [-0.2, 0) is 6.42 Å². The molecule has 0 aliphatic rings. The quantitative estimate of drug-likeness (QED) is 0.743. The minimum Gasteiger partial charge on any atom is -0.497 e. The van der Waals surface area contributed by atoms with Gasteiger partial charge in [-0.25, -0.2) is 0 Å². The number of rotatable bonds is 4. The first-order valence-corrected chi connectivity index (χ1v) is 5.77. The third-order valence-electron chi connectivity index (χ3n) is 2.87. The Morgan fingerprint density at radius 2 is 1.88 bits per heavy atom. The number of benzene rings is 2. The van der Waals surface area contributed by atoms with Gasteiger partial charge in [-0.3, -0.25) is 0 Å². The lowest BCUT2D eigenvalue weighted by molar-refractivity contribution is 0.415. The Balaban J connectivity index is 2.23. The van der Waals surface area contributed by atoms with Gasteiger partial charge in [0.1, 0.15) is 5.75 Å². The van der Waals surface area contributed by atoms with Gasteiger partial charge in [-0.1, -0.05) is 24.3 Å². The zero-order valence-corrected chi connectivity index (χ0v) is 9.94. The van der Waals surface area contributed by atoms with E-state index in [1.807, 2.05) is 12.1 Å². The largest absolute Gasteiger partial charge is 0.497 e. The van der Waals surface area contributed by atoms with Crippen molar-refractivity contribution < 1.29 is 4.74 Å². The second kappa shape index (κ2) is 5.36. The lowest BCUT2D eigenvalue weighted by Gasteiger charge is -2.05. The van der Waals surface area contributed by atoms with E-state index in [4.69, 9.17) is 10.00 Å². The predicted molar refractivity (Wildman–Crippen MR) is 69.1 cm³/mol. The van der Waals surface area contributed by atoms with Crippen LogP contribution in [0.1, 0.15) is 18.4 Å². The van der Waals surface area contributed by atoms with Gasteiger partial charge in [-0.05, 0) is 41.3 Å². The molecule has 0 N–H and O–H groups in total. The minimum absolute atomic E-state index is 0.626. The van der Waals surface area contributed by atoms with Crippen LogP contribution < -0.4 is 4.74 Å². The van der Waals surface area contributed by atoms with Crippen LogP contribution in [0.4, 0.5) is 0 Å². The zero-order chi connectivity index (χ0) is 12.1. The lowest BCUT2D eigenvalue weighted by atomic mass is 10.0. The average Bonchev–Trinajstić information content (AvgIpc) is 2.38. The predicted octanol–water partition coefficient (Wildman–Crippen LogP) is 3.69. The van der Waals surface area contributed by atoms with Crippen LogP contribution in [0.25, 0.3) is 10.8 Å². The molecule has 0 spiro atoms. The molecular weight excluding hydrogens is 210 g/mol. The number of hydrogen-bond acceptors (Lipinski definition) is 2. The third-order valence-corrected chi connectivity index (χ3v) is 2.87. The number of unbranched alkanes of at least 4 members (excludes halogenated alkanes) is 1. The van der Waals surface area contributed by atoms with Crippen LogP contribution in [-0.4, -0.2) is 7.11 Å². The van der Waals surface area contributed by atoms with E-state index in [1.165, 1.54) is 16.3 Å². The number of hydrogen-bond donors (Lipinski definition) is 0. The smallest absolute Gasteiger partial charge is 0.119 e. The van der Waals surface area contributed by atoms with Crippen molar-refractivity contribution in [3.05, 3.63) is 42.0 Å². The molecule has 0 aliphatic carbocycles. The first-order chi connectivity index (χ1) is 8.33. The number of methoxy groups -OCH3 is 1. The Hall–Kier alpha value is -2.01. The van der Waals surface area contributed by atoms with Gasteiger partial charge in [-0.15, -0.1) is 0 Å². The Kier molecular flexibility index (Phi) is 3.62. The van der Waals surface area contributed by atoms with Crippen LogP contribution in [0.2, 0.25) is 0 Å². The van der Waals surface area contributed by atoms with E-state index >= 15 is 0 Å². The molecule has 0 atom stereocenters. The maximum Gasteiger partial charge on any atom is 0.119 e. The van der Waals surface area contributed by atoms with Gasteiger partial charge in [0.2, 0.25) is 0 Å². The van der Waals surface area contributed by atoms with Crippen molar-refractivity contribution in [3.63, 3.8) is 0 Å². The van der Waals surface area contributed by atoms with E-state index in [2.05, 4.69) is 30.3 Å². The topological polar surface area (TPSA) is 33.0 Å². The summed E-state index contributed by atoms with van der Waals surface area (Å²) in [5.74, 6) is 0.884. The van der Waals surface area contributed by atoms with Crippen LogP contribution in [0, 0.1) is 11.3 Å². The van der Waals surface area contributed by atoms with Gasteiger partial charge in [0.15, 0.2) is 0 Å². The highest BCUT2D eigenvalue weighted by Crippen LogP contribution is 2.22. The van der Waals surface area contributed by atoms with Gasteiger partial charge in [-0.2, -0.15) is 5.26 Å². The Bertz CT molecular complexity index is 554. The van der Waals surface area contributed by atoms with Crippen molar-refractivity contribution in [1.82, 2.24) is 0 Å². The SMILES string of the molecule is COc1ccc2cc(CCCC#N)ccc2c1. The van der Waals surface area contributed by atoms with Gasteiger partial charge < -0.3 is 4.74 Å². The molecule has 2 heteroatoms. The monoisotopic (exact) mass is 225 g/mol. The van der Waals surface area contributed by atoms with E-state index in [-0.39, 0.29) is 0 Å². The summed E-state index contributed by atoms with van der Waals surface area (Å²) in [6.07, 6.45) is 2.52. The molecule has 2 aromatic rings. The first-order valence-electron chi connectivity index (χ1n) is 5.77. The molecule has 0 radical (unpaired) electrons. The zero-order valence-electron chi connectivity index (χ0n) is 9.94. The van der Waals surface area contributed by atoms with Gasteiger partial charge in [0.05, 0.1) is 13.2 Å². The van der Waals surface area contributed by atoms with Crippen molar-refractivity contribution in [3.8, 4) is 11.8 Å². The summed E-state index contributed by atoms with van der Waals surface area (Å²) in [5, 5.41) is 10.9. The number of nitrogens with zero attached hydrogens (tertiary/aromatic N) is 1. The van der Waals surface area contributed by atoms with Crippen molar-refractivity contribution in [2.75, 3.05) is 7.11 Å². The van der Waals surface area contributed by atoms with E-state index in [9.17, 15) is 0 Å². The highest BCUT2D eigenvalue weighted by Gasteiger charge is 1.99. The fourth-order valence-electron chi connectivity index (χ4n) is 1.93. The summed E-state index contributed by atoms with van der Waals surface area (Å²) < 4.78 is 5.20. The van der Waals surface area contributed by atoms with Crippen molar-refractivity contribution >= 4 is 10.8 Å². The average molecular weight is 225 g/mol. The molecule has 17 heavy (non-hydrogen) atoms. The molecule has 0 fully saturated rings. The summed E-state index contributed by atoms with van der Waals surface area (Å²) in [6, 6.07) is 14.7. The van der Waals surface area contributed by atoms with Gasteiger partial charge in [0, 0.05) is 6.42 Å². The molecule has 0 unspecified atom stereocenters. The first kappa shape index (κ1) is 11.5. The standard InChI is InChI=1S/C15H15NO/c1-17-15-8-7-13-10-12(4-2-3-9-16)5-6-14(13)11-15/h5-8,10-11H,2-4H2,1H3. The lowest BCUT2D eigenvalue weighted by Crippen LogP contribution is -1.86. The molecule has 2 rings (SSSR count). The maximum atomic E-state index is 8.51. The fraction of sp³-hybridized carbons (Fsp3) is 0.267. The number of aryl methyl sites for hydroxylation is 1. The summed E-state index contributed by atoms with van der Waals surface area (Å²) in [6.45, 7) is 0. The Morgan fingerprint density at radius 1 is 1.12 bits per heavy atom. The molecule has 86 valence electrons. The second-order valence-electron chi connectivity index (χ2n) is 4.06. The third kappa shape index (κ3) is 2.76. The molecule has 0 saturated carbocycles. The highest BCUT2D eigenvalue weighted by molar-refractivity contribution is 5.84. The van der Waals surface area contributed by atoms with Crippen molar-refractivity contribution in [1.29, 1.82) is 5.26 Å². The molecule has 0 heterocycles. The molecule has 0 saturated heterocycles. The van der Waals surface area contributed by atoms with E-state index < -0.39 is 0 Å². The molecule has 0 bridgehead atoms. The normalized spacial score (nSPS) is 10.1.